The Morgan fingerprint density at radius 1 is 1.48 bits per heavy atom. The van der Waals surface area contributed by atoms with Gasteiger partial charge in [0.1, 0.15) is 0 Å². The number of halogens is 1. The summed E-state index contributed by atoms with van der Waals surface area (Å²) in [7, 11) is 0. The van der Waals surface area contributed by atoms with Gasteiger partial charge < -0.3 is 10.6 Å². The van der Waals surface area contributed by atoms with E-state index in [-0.39, 0.29) is 5.91 Å². The van der Waals surface area contributed by atoms with Gasteiger partial charge >= 0.3 is 0 Å². The molecule has 0 atom stereocenters. The minimum absolute atomic E-state index is 0.230. The Morgan fingerprint density at radius 2 is 2.19 bits per heavy atom. The van der Waals surface area contributed by atoms with Crippen LogP contribution in [0.25, 0.3) is 0 Å². The van der Waals surface area contributed by atoms with E-state index in [4.69, 9.17) is 5.73 Å². The van der Waals surface area contributed by atoms with E-state index >= 15 is 0 Å². The molecule has 1 amide bonds. The molecule has 1 aliphatic rings. The van der Waals surface area contributed by atoms with Gasteiger partial charge in [0, 0.05) is 11.4 Å². The van der Waals surface area contributed by atoms with Crippen molar-refractivity contribution in [1.82, 2.24) is 9.80 Å². The highest BCUT2D eigenvalue weighted by Crippen LogP contribution is 2.23. The number of likely N-dealkylation sites (tertiary alicyclic amines) is 1. The smallest absolute Gasteiger partial charge is 0.237 e. The Morgan fingerprint density at radius 3 is 2.71 bits per heavy atom. The molecule has 0 radical (unpaired) electrons. The summed E-state index contributed by atoms with van der Waals surface area (Å²) in [6.07, 6.45) is 2.24. The molecule has 6 heteroatoms. The van der Waals surface area contributed by atoms with Gasteiger partial charge in [-0.2, -0.15) is 0 Å². The van der Waals surface area contributed by atoms with E-state index in [0.717, 1.165) is 42.8 Å². The van der Waals surface area contributed by atoms with Crippen LogP contribution in [0, 0.1) is 5.92 Å². The number of piperidine rings is 1. The first-order valence-electron chi connectivity index (χ1n) is 7.56. The average Bonchev–Trinajstić information content (AvgIpc) is 2.90. The van der Waals surface area contributed by atoms with E-state index in [1.165, 1.54) is 4.88 Å². The van der Waals surface area contributed by atoms with Crippen LogP contribution in [0.1, 0.15) is 24.6 Å². The molecule has 0 aliphatic carbocycles. The number of carbonyl (C=O) groups excluding carboxylic acids is 1. The van der Waals surface area contributed by atoms with Crippen LogP contribution in [0.5, 0.6) is 0 Å². The predicted octanol–water partition coefficient (Wildman–Crippen LogP) is 2.53. The molecule has 1 saturated heterocycles. The number of hydrogen-bond acceptors (Lipinski definition) is 4. The van der Waals surface area contributed by atoms with Crippen molar-refractivity contribution in [3.63, 3.8) is 0 Å². The number of nitrogens with two attached hydrogens (primary N) is 1. The first kappa shape index (κ1) is 16.9. The Labute approximate surface area is 139 Å². The molecule has 0 unspecified atom stereocenters. The molecule has 0 bridgehead atoms. The molecule has 2 heterocycles. The van der Waals surface area contributed by atoms with Crippen LogP contribution in [-0.2, 0) is 11.3 Å². The van der Waals surface area contributed by atoms with Crippen molar-refractivity contribution >= 4 is 33.2 Å². The molecule has 118 valence electrons. The number of hydrogen-bond donors (Lipinski definition) is 1. The summed E-state index contributed by atoms with van der Waals surface area (Å²) < 4.78 is 1.12. The fourth-order valence-corrected chi connectivity index (χ4v) is 4.17. The van der Waals surface area contributed by atoms with E-state index in [0.29, 0.717) is 19.0 Å². The summed E-state index contributed by atoms with van der Waals surface area (Å²) in [5.74, 6) is 0.871. The molecule has 0 spiro atoms. The van der Waals surface area contributed by atoms with Gasteiger partial charge in [-0.3, -0.25) is 9.69 Å². The van der Waals surface area contributed by atoms with E-state index < -0.39 is 0 Å². The minimum atomic E-state index is 0.230. The van der Waals surface area contributed by atoms with Crippen LogP contribution in [0.15, 0.2) is 15.9 Å². The van der Waals surface area contributed by atoms with Crippen molar-refractivity contribution in [2.75, 3.05) is 32.7 Å². The predicted molar refractivity (Wildman–Crippen MR) is 91.3 cm³/mol. The second-order valence-electron chi connectivity index (χ2n) is 5.57. The molecule has 1 aromatic rings. The Balaban J connectivity index is 1.83. The molecule has 0 aromatic carbocycles. The summed E-state index contributed by atoms with van der Waals surface area (Å²) in [6, 6.07) is 4.12. The van der Waals surface area contributed by atoms with Crippen LogP contribution in [0.4, 0.5) is 0 Å². The van der Waals surface area contributed by atoms with Crippen LogP contribution in [0.2, 0.25) is 0 Å². The van der Waals surface area contributed by atoms with Gasteiger partial charge in [0.25, 0.3) is 0 Å². The van der Waals surface area contributed by atoms with E-state index in [2.05, 4.69) is 26.9 Å². The molecular formula is C15H24BrN3OS. The maximum absolute atomic E-state index is 12.5. The van der Waals surface area contributed by atoms with Crippen LogP contribution in [0.3, 0.4) is 0 Å². The van der Waals surface area contributed by atoms with Gasteiger partial charge in [-0.25, -0.2) is 0 Å². The third-order valence-electron chi connectivity index (χ3n) is 4.11. The standard InChI is InChI=1S/C15H24BrN3OS/c1-2-19(10-13-3-4-14(16)21-13)15(20)11-18-7-5-12(9-17)6-8-18/h3-4,12H,2,5-11,17H2,1H3. The highest BCUT2D eigenvalue weighted by atomic mass is 79.9. The molecule has 1 aliphatic heterocycles. The second kappa shape index (κ2) is 8.27. The van der Waals surface area contributed by atoms with Crippen molar-refractivity contribution in [3.05, 3.63) is 20.8 Å². The normalized spacial score (nSPS) is 17.1. The summed E-state index contributed by atoms with van der Waals surface area (Å²) in [4.78, 5) is 17.9. The van der Waals surface area contributed by atoms with E-state index in [1.807, 2.05) is 17.9 Å². The van der Waals surface area contributed by atoms with Crippen molar-refractivity contribution in [1.29, 1.82) is 0 Å². The zero-order valence-electron chi connectivity index (χ0n) is 12.6. The second-order valence-corrected chi connectivity index (χ2v) is 8.12. The number of amides is 1. The summed E-state index contributed by atoms with van der Waals surface area (Å²) in [5, 5.41) is 0. The van der Waals surface area contributed by atoms with Crippen LogP contribution < -0.4 is 5.73 Å². The maximum Gasteiger partial charge on any atom is 0.237 e. The van der Waals surface area contributed by atoms with Crippen LogP contribution in [-0.4, -0.2) is 48.4 Å². The zero-order valence-corrected chi connectivity index (χ0v) is 15.0. The first-order valence-corrected chi connectivity index (χ1v) is 9.17. The quantitative estimate of drug-likeness (QED) is 0.833. The number of nitrogens with zero attached hydrogens (tertiary/aromatic N) is 2. The van der Waals surface area contributed by atoms with Crippen molar-refractivity contribution in [2.45, 2.75) is 26.3 Å². The lowest BCUT2D eigenvalue weighted by molar-refractivity contribution is -0.133. The largest absolute Gasteiger partial charge is 0.337 e. The van der Waals surface area contributed by atoms with Crippen molar-refractivity contribution < 1.29 is 4.79 Å². The SMILES string of the molecule is CCN(Cc1ccc(Br)s1)C(=O)CN1CCC(CN)CC1. The fourth-order valence-electron chi connectivity index (χ4n) is 2.67. The van der Waals surface area contributed by atoms with E-state index in [9.17, 15) is 4.79 Å². The highest BCUT2D eigenvalue weighted by Gasteiger charge is 2.22. The van der Waals surface area contributed by atoms with E-state index in [1.54, 1.807) is 11.3 Å². The number of thiophene rings is 1. The third kappa shape index (κ3) is 5.06. The minimum Gasteiger partial charge on any atom is -0.337 e. The molecule has 1 aromatic heterocycles. The Kier molecular flexibility index (Phi) is 6.67. The van der Waals surface area contributed by atoms with Gasteiger partial charge in [0.15, 0.2) is 0 Å². The number of rotatable bonds is 6. The van der Waals surface area contributed by atoms with Crippen molar-refractivity contribution in [3.8, 4) is 0 Å². The number of likely N-dealkylation sites (N-methyl/N-ethyl adjacent to an activating group) is 1. The van der Waals surface area contributed by atoms with Gasteiger partial charge in [-0.1, -0.05) is 0 Å². The number of carbonyl (C=O) groups is 1. The zero-order chi connectivity index (χ0) is 15.2. The monoisotopic (exact) mass is 373 g/mol. The summed E-state index contributed by atoms with van der Waals surface area (Å²) >= 11 is 5.16. The molecule has 0 saturated carbocycles. The summed E-state index contributed by atoms with van der Waals surface area (Å²) in [5.41, 5.74) is 5.71. The van der Waals surface area contributed by atoms with Gasteiger partial charge in [0.2, 0.25) is 5.91 Å². The Bertz CT molecular complexity index is 458. The summed E-state index contributed by atoms with van der Waals surface area (Å²) in [6.45, 7) is 6.82. The Hall–Kier alpha value is -0.430. The topological polar surface area (TPSA) is 49.6 Å². The fraction of sp³-hybridized carbons (Fsp3) is 0.667. The van der Waals surface area contributed by atoms with Gasteiger partial charge in [0.05, 0.1) is 16.9 Å². The lowest BCUT2D eigenvalue weighted by atomic mass is 9.97. The molecule has 1 fully saturated rings. The molecule has 4 nitrogen and oxygen atoms in total. The van der Waals surface area contributed by atoms with Gasteiger partial charge in [-0.15, -0.1) is 11.3 Å². The van der Waals surface area contributed by atoms with Crippen LogP contribution >= 0.6 is 27.3 Å². The lowest BCUT2D eigenvalue weighted by Crippen LogP contribution is -2.43. The third-order valence-corrected chi connectivity index (χ3v) is 5.72. The molecular weight excluding hydrogens is 350 g/mol. The highest BCUT2D eigenvalue weighted by molar-refractivity contribution is 9.11. The first-order chi connectivity index (χ1) is 10.1. The molecule has 2 N–H and O–H groups in total. The van der Waals surface area contributed by atoms with Crippen molar-refractivity contribution in [2.24, 2.45) is 11.7 Å². The molecule has 2 rings (SSSR count). The lowest BCUT2D eigenvalue weighted by Gasteiger charge is -2.32. The molecule has 21 heavy (non-hydrogen) atoms. The maximum atomic E-state index is 12.5. The van der Waals surface area contributed by atoms with Gasteiger partial charge in [-0.05, 0) is 73.4 Å². The average molecular weight is 374 g/mol.